The van der Waals surface area contributed by atoms with E-state index >= 15 is 0 Å². The van der Waals surface area contributed by atoms with Crippen molar-refractivity contribution in [2.75, 3.05) is 20.8 Å². The Bertz CT molecular complexity index is 286. The fourth-order valence-corrected chi connectivity index (χ4v) is 1.54. The van der Waals surface area contributed by atoms with Gasteiger partial charge in [0, 0.05) is 20.6 Å². The number of methoxy groups -OCH3 is 2. The highest BCUT2D eigenvalue weighted by atomic mass is 16.5. The first-order valence-corrected chi connectivity index (χ1v) is 5.00. The molecule has 0 saturated heterocycles. The topological polar surface area (TPSA) is 38.7 Å². The van der Waals surface area contributed by atoms with Crippen LogP contribution in [0.5, 0.6) is 0 Å². The largest absolute Gasteiger partial charge is 0.390 e. The fourth-order valence-electron chi connectivity index (χ4n) is 1.54. The summed E-state index contributed by atoms with van der Waals surface area (Å²) in [5.74, 6) is 0. The van der Waals surface area contributed by atoms with E-state index in [1.54, 1.807) is 14.2 Å². The Labute approximate surface area is 90.6 Å². The van der Waals surface area contributed by atoms with Crippen molar-refractivity contribution in [1.29, 1.82) is 0 Å². The lowest BCUT2D eigenvalue weighted by molar-refractivity contribution is 0.0650. The number of aliphatic hydroxyl groups is 1. The van der Waals surface area contributed by atoms with Gasteiger partial charge in [0.05, 0.1) is 19.3 Å². The molecule has 0 spiro atoms. The van der Waals surface area contributed by atoms with Crippen molar-refractivity contribution in [2.24, 2.45) is 0 Å². The maximum absolute atomic E-state index is 9.57. The van der Waals surface area contributed by atoms with Gasteiger partial charge in [-0.3, -0.25) is 0 Å². The second-order valence-electron chi connectivity index (χ2n) is 3.57. The zero-order chi connectivity index (χ0) is 11.1. The third-order valence-corrected chi connectivity index (χ3v) is 2.13. The highest BCUT2D eigenvalue weighted by Gasteiger charge is 2.05. The molecule has 0 radical (unpaired) electrons. The van der Waals surface area contributed by atoms with Crippen LogP contribution in [-0.4, -0.2) is 32.0 Å². The minimum atomic E-state index is -0.437. The van der Waals surface area contributed by atoms with Crippen molar-refractivity contribution in [1.82, 2.24) is 0 Å². The number of hydrogen-bond acceptors (Lipinski definition) is 3. The zero-order valence-electron chi connectivity index (χ0n) is 9.27. The highest BCUT2D eigenvalue weighted by Crippen LogP contribution is 2.08. The summed E-state index contributed by atoms with van der Waals surface area (Å²) in [4.78, 5) is 0. The van der Waals surface area contributed by atoms with Gasteiger partial charge >= 0.3 is 0 Å². The van der Waals surface area contributed by atoms with E-state index in [1.165, 1.54) is 0 Å². The van der Waals surface area contributed by atoms with Gasteiger partial charge in [-0.2, -0.15) is 0 Å². The SMILES string of the molecule is COCc1cccc(CC(O)COC)c1. The molecule has 3 nitrogen and oxygen atoms in total. The lowest BCUT2D eigenvalue weighted by Gasteiger charge is -2.10. The van der Waals surface area contributed by atoms with Gasteiger partial charge in [-0.15, -0.1) is 0 Å². The van der Waals surface area contributed by atoms with Crippen molar-refractivity contribution < 1.29 is 14.6 Å². The molecule has 84 valence electrons. The first kappa shape index (κ1) is 12.2. The van der Waals surface area contributed by atoms with Crippen LogP contribution in [0.25, 0.3) is 0 Å². The Morgan fingerprint density at radius 2 is 1.93 bits per heavy atom. The first-order chi connectivity index (χ1) is 7.26. The number of hydrogen-bond donors (Lipinski definition) is 1. The van der Waals surface area contributed by atoms with Crippen molar-refractivity contribution in [3.05, 3.63) is 35.4 Å². The quantitative estimate of drug-likeness (QED) is 0.771. The summed E-state index contributed by atoms with van der Waals surface area (Å²) in [5, 5.41) is 9.57. The molecule has 1 N–H and O–H groups in total. The minimum Gasteiger partial charge on any atom is -0.390 e. The van der Waals surface area contributed by atoms with E-state index in [-0.39, 0.29) is 0 Å². The fraction of sp³-hybridized carbons (Fsp3) is 0.500. The van der Waals surface area contributed by atoms with Gasteiger partial charge in [0.15, 0.2) is 0 Å². The van der Waals surface area contributed by atoms with Crippen LogP contribution in [0.2, 0.25) is 0 Å². The summed E-state index contributed by atoms with van der Waals surface area (Å²) >= 11 is 0. The van der Waals surface area contributed by atoms with Crippen LogP contribution in [0.3, 0.4) is 0 Å². The van der Waals surface area contributed by atoms with Crippen LogP contribution in [0.4, 0.5) is 0 Å². The van der Waals surface area contributed by atoms with Crippen LogP contribution in [0.15, 0.2) is 24.3 Å². The third kappa shape index (κ3) is 4.42. The summed E-state index contributed by atoms with van der Waals surface area (Å²) < 4.78 is 9.93. The second-order valence-corrected chi connectivity index (χ2v) is 3.57. The van der Waals surface area contributed by atoms with E-state index in [9.17, 15) is 5.11 Å². The van der Waals surface area contributed by atoms with E-state index in [0.717, 1.165) is 11.1 Å². The predicted molar refractivity (Wildman–Crippen MR) is 58.7 cm³/mol. The van der Waals surface area contributed by atoms with Gasteiger partial charge in [-0.05, 0) is 11.1 Å². The van der Waals surface area contributed by atoms with Gasteiger partial charge in [-0.1, -0.05) is 24.3 Å². The van der Waals surface area contributed by atoms with Crippen LogP contribution in [-0.2, 0) is 22.5 Å². The molecular weight excluding hydrogens is 192 g/mol. The lowest BCUT2D eigenvalue weighted by atomic mass is 10.1. The number of ether oxygens (including phenoxy) is 2. The molecular formula is C12H18O3. The molecule has 0 bridgehead atoms. The van der Waals surface area contributed by atoms with Crippen LogP contribution >= 0.6 is 0 Å². The van der Waals surface area contributed by atoms with E-state index in [1.807, 2.05) is 24.3 Å². The highest BCUT2D eigenvalue weighted by molar-refractivity contribution is 5.23. The molecule has 0 aliphatic carbocycles. The number of benzene rings is 1. The summed E-state index contributed by atoms with van der Waals surface area (Å²) in [5.41, 5.74) is 2.23. The maximum Gasteiger partial charge on any atom is 0.0813 e. The molecule has 0 aliphatic heterocycles. The van der Waals surface area contributed by atoms with Crippen LogP contribution < -0.4 is 0 Å². The molecule has 1 aromatic carbocycles. The molecule has 15 heavy (non-hydrogen) atoms. The second kappa shape index (κ2) is 6.56. The molecule has 1 atom stereocenters. The normalized spacial score (nSPS) is 12.7. The molecule has 0 saturated carbocycles. The Morgan fingerprint density at radius 3 is 2.60 bits per heavy atom. The Morgan fingerprint density at radius 1 is 1.20 bits per heavy atom. The monoisotopic (exact) mass is 210 g/mol. The van der Waals surface area contributed by atoms with Gasteiger partial charge in [0.2, 0.25) is 0 Å². The summed E-state index contributed by atoms with van der Waals surface area (Å²) in [6.45, 7) is 0.975. The van der Waals surface area contributed by atoms with Crippen molar-refractivity contribution in [3.8, 4) is 0 Å². The standard InChI is InChI=1S/C12H18O3/c1-14-8-11-5-3-4-10(6-11)7-12(13)9-15-2/h3-6,12-13H,7-9H2,1-2H3. The van der Waals surface area contributed by atoms with Crippen molar-refractivity contribution >= 4 is 0 Å². The Hall–Kier alpha value is -0.900. The third-order valence-electron chi connectivity index (χ3n) is 2.13. The first-order valence-electron chi connectivity index (χ1n) is 5.00. The van der Waals surface area contributed by atoms with Crippen molar-refractivity contribution in [3.63, 3.8) is 0 Å². The number of rotatable bonds is 6. The van der Waals surface area contributed by atoms with Gasteiger partial charge in [0.25, 0.3) is 0 Å². The van der Waals surface area contributed by atoms with Crippen molar-refractivity contribution in [2.45, 2.75) is 19.1 Å². The minimum absolute atomic E-state index is 0.370. The Kier molecular flexibility index (Phi) is 5.32. The molecule has 0 amide bonds. The summed E-state index contributed by atoms with van der Waals surface area (Å²) in [6, 6.07) is 8.03. The van der Waals surface area contributed by atoms with E-state index in [0.29, 0.717) is 19.6 Å². The molecule has 3 heteroatoms. The van der Waals surface area contributed by atoms with E-state index in [2.05, 4.69) is 0 Å². The molecule has 0 heterocycles. The molecule has 0 aliphatic rings. The van der Waals surface area contributed by atoms with E-state index < -0.39 is 6.10 Å². The summed E-state index contributed by atoms with van der Waals surface area (Å²) in [6.07, 6.45) is 0.179. The smallest absolute Gasteiger partial charge is 0.0813 e. The molecule has 0 fully saturated rings. The van der Waals surface area contributed by atoms with Crippen LogP contribution in [0, 0.1) is 0 Å². The molecule has 0 aromatic heterocycles. The molecule has 1 rings (SSSR count). The zero-order valence-corrected chi connectivity index (χ0v) is 9.27. The molecule has 1 aromatic rings. The average Bonchev–Trinajstić information content (AvgIpc) is 2.19. The summed E-state index contributed by atoms with van der Waals surface area (Å²) in [7, 11) is 3.26. The van der Waals surface area contributed by atoms with Gasteiger partial charge < -0.3 is 14.6 Å². The molecule has 1 unspecified atom stereocenters. The van der Waals surface area contributed by atoms with Gasteiger partial charge in [-0.25, -0.2) is 0 Å². The van der Waals surface area contributed by atoms with Gasteiger partial charge in [0.1, 0.15) is 0 Å². The maximum atomic E-state index is 9.57. The van der Waals surface area contributed by atoms with E-state index in [4.69, 9.17) is 9.47 Å². The number of aliphatic hydroxyl groups excluding tert-OH is 1. The Balaban J connectivity index is 2.56. The average molecular weight is 210 g/mol. The predicted octanol–water partition coefficient (Wildman–Crippen LogP) is 1.38. The lowest BCUT2D eigenvalue weighted by Crippen LogP contribution is -2.16. The van der Waals surface area contributed by atoms with Crippen LogP contribution in [0.1, 0.15) is 11.1 Å².